The van der Waals surface area contributed by atoms with E-state index in [1.807, 2.05) is 31.2 Å². The molecule has 0 spiro atoms. The van der Waals surface area contributed by atoms with Crippen LogP contribution in [0.25, 0.3) is 0 Å². The summed E-state index contributed by atoms with van der Waals surface area (Å²) in [6.45, 7) is 7.19. The van der Waals surface area contributed by atoms with Gasteiger partial charge in [-0.15, -0.1) is 0 Å². The summed E-state index contributed by atoms with van der Waals surface area (Å²) in [4.78, 5) is 11.8. The van der Waals surface area contributed by atoms with Crippen molar-refractivity contribution in [1.82, 2.24) is 5.32 Å². The summed E-state index contributed by atoms with van der Waals surface area (Å²) in [5.41, 5.74) is 1.68. The van der Waals surface area contributed by atoms with E-state index in [1.54, 1.807) is 0 Å². The summed E-state index contributed by atoms with van der Waals surface area (Å²) in [7, 11) is 0. The average Bonchev–Trinajstić information content (AvgIpc) is 2.28. The first-order valence-corrected chi connectivity index (χ1v) is 6.44. The largest absolute Gasteiger partial charge is 0.375 e. The van der Waals surface area contributed by atoms with Gasteiger partial charge in [0.2, 0.25) is 0 Å². The Balaban J connectivity index is 2.31. The fourth-order valence-electron chi connectivity index (χ4n) is 1.22. The van der Waals surface area contributed by atoms with E-state index in [-0.39, 0.29) is 5.91 Å². The van der Waals surface area contributed by atoms with Crippen molar-refractivity contribution < 1.29 is 9.53 Å². The summed E-state index contributed by atoms with van der Waals surface area (Å²) in [5.74, 6) is -0.0612. The molecule has 1 N–H and O–H groups in total. The lowest BCUT2D eigenvalue weighted by Gasteiger charge is -2.07. The zero-order chi connectivity index (χ0) is 12.7. The topological polar surface area (TPSA) is 38.3 Å². The summed E-state index contributed by atoms with van der Waals surface area (Å²) in [5, 5.41) is 2.82. The van der Waals surface area contributed by atoms with Gasteiger partial charge in [-0.3, -0.25) is 4.79 Å². The smallest absolute Gasteiger partial charge is 0.252 e. The number of hydrogen-bond donors (Lipinski definition) is 1. The minimum Gasteiger partial charge on any atom is -0.375 e. The molecule has 0 aliphatic carbocycles. The van der Waals surface area contributed by atoms with Crippen LogP contribution in [0.5, 0.6) is 0 Å². The molecule has 0 radical (unpaired) electrons. The van der Waals surface area contributed by atoms with E-state index in [0.29, 0.717) is 25.3 Å². The first-order chi connectivity index (χ1) is 8.11. The lowest BCUT2D eigenvalue weighted by Crippen LogP contribution is -2.28. The fourth-order valence-corrected chi connectivity index (χ4v) is 1.86. The lowest BCUT2D eigenvalue weighted by molar-refractivity contribution is 0.0926. The molecule has 4 heteroatoms. The quantitative estimate of drug-likeness (QED) is 0.489. The van der Waals surface area contributed by atoms with Crippen LogP contribution in [0.1, 0.15) is 17.3 Å². The summed E-state index contributed by atoms with van der Waals surface area (Å²) in [6, 6.07) is 7.49. The van der Waals surface area contributed by atoms with Crippen LogP contribution in [0.4, 0.5) is 0 Å². The normalized spacial score (nSPS) is 10.0. The summed E-state index contributed by atoms with van der Waals surface area (Å²) < 4.78 is 6.24. The zero-order valence-corrected chi connectivity index (χ0v) is 12.0. The second-order valence-corrected chi connectivity index (χ2v) is 4.91. The molecule has 0 saturated heterocycles. The molecule has 0 aliphatic heterocycles. The molecule has 0 heterocycles. The van der Waals surface area contributed by atoms with Crippen LogP contribution in [0, 0.1) is 3.57 Å². The number of rotatable bonds is 6. The third-order valence-electron chi connectivity index (χ3n) is 2.00. The first kappa shape index (κ1) is 14.2. The third kappa shape index (κ3) is 5.32. The Labute approximate surface area is 115 Å². The van der Waals surface area contributed by atoms with Gasteiger partial charge in [-0.05, 0) is 41.6 Å². The molecule has 0 bridgehead atoms. The Hall–Kier alpha value is -0.880. The Morgan fingerprint density at radius 1 is 1.47 bits per heavy atom. The SMILES string of the molecule is C=C(C)COCCNC(=O)c1ccccc1I. The summed E-state index contributed by atoms with van der Waals surface area (Å²) in [6.07, 6.45) is 0. The van der Waals surface area contributed by atoms with Gasteiger partial charge in [-0.1, -0.05) is 24.3 Å². The molecule has 0 fully saturated rings. The average molecular weight is 345 g/mol. The monoisotopic (exact) mass is 345 g/mol. The standard InChI is InChI=1S/C13H16INO2/c1-10(2)9-17-8-7-15-13(16)11-5-3-4-6-12(11)14/h3-6H,1,7-9H2,2H3,(H,15,16). The van der Waals surface area contributed by atoms with Crippen molar-refractivity contribution >= 4 is 28.5 Å². The van der Waals surface area contributed by atoms with Crippen LogP contribution in [-0.4, -0.2) is 25.7 Å². The van der Waals surface area contributed by atoms with Gasteiger partial charge in [-0.25, -0.2) is 0 Å². The minimum atomic E-state index is -0.0612. The molecule has 1 rings (SSSR count). The van der Waals surface area contributed by atoms with Crippen molar-refractivity contribution in [3.05, 3.63) is 45.6 Å². The molecule has 0 atom stereocenters. The Kier molecular flexibility index (Phi) is 6.21. The lowest BCUT2D eigenvalue weighted by atomic mass is 10.2. The van der Waals surface area contributed by atoms with Crippen molar-refractivity contribution in [2.24, 2.45) is 0 Å². The van der Waals surface area contributed by atoms with Gasteiger partial charge in [-0.2, -0.15) is 0 Å². The fraction of sp³-hybridized carbons (Fsp3) is 0.308. The highest BCUT2D eigenvalue weighted by Crippen LogP contribution is 2.10. The van der Waals surface area contributed by atoms with Gasteiger partial charge in [0.05, 0.1) is 18.8 Å². The van der Waals surface area contributed by atoms with E-state index in [9.17, 15) is 4.79 Å². The Morgan fingerprint density at radius 3 is 2.82 bits per heavy atom. The molecule has 17 heavy (non-hydrogen) atoms. The highest BCUT2D eigenvalue weighted by Gasteiger charge is 2.07. The van der Waals surface area contributed by atoms with Crippen LogP contribution < -0.4 is 5.32 Å². The molecular formula is C13H16INO2. The van der Waals surface area contributed by atoms with Crippen LogP contribution >= 0.6 is 22.6 Å². The van der Waals surface area contributed by atoms with E-state index < -0.39 is 0 Å². The number of amides is 1. The molecule has 3 nitrogen and oxygen atoms in total. The van der Waals surface area contributed by atoms with Crippen molar-refractivity contribution in [1.29, 1.82) is 0 Å². The number of halogens is 1. The van der Waals surface area contributed by atoms with Crippen LogP contribution in [0.3, 0.4) is 0 Å². The molecule has 0 aromatic heterocycles. The molecule has 1 aromatic rings. The van der Waals surface area contributed by atoms with Crippen molar-refractivity contribution in [2.75, 3.05) is 19.8 Å². The van der Waals surface area contributed by atoms with E-state index in [0.717, 1.165) is 9.14 Å². The molecular weight excluding hydrogens is 329 g/mol. The van der Waals surface area contributed by atoms with E-state index in [4.69, 9.17) is 4.74 Å². The number of carbonyl (C=O) groups is 1. The highest BCUT2D eigenvalue weighted by molar-refractivity contribution is 14.1. The molecule has 92 valence electrons. The second-order valence-electron chi connectivity index (χ2n) is 3.75. The van der Waals surface area contributed by atoms with E-state index in [1.165, 1.54) is 0 Å². The zero-order valence-electron chi connectivity index (χ0n) is 9.83. The maximum atomic E-state index is 11.8. The third-order valence-corrected chi connectivity index (χ3v) is 2.94. The van der Waals surface area contributed by atoms with E-state index in [2.05, 4.69) is 34.5 Å². The predicted octanol–water partition coefficient (Wildman–Crippen LogP) is 2.61. The second kappa shape index (κ2) is 7.45. The number of ether oxygens (including phenoxy) is 1. The molecule has 1 aromatic carbocycles. The number of nitrogens with one attached hydrogen (secondary N) is 1. The summed E-state index contributed by atoms with van der Waals surface area (Å²) >= 11 is 2.15. The molecule has 1 amide bonds. The minimum absolute atomic E-state index is 0.0612. The highest BCUT2D eigenvalue weighted by atomic mass is 127. The molecule has 0 aliphatic rings. The van der Waals surface area contributed by atoms with Crippen LogP contribution in [0.2, 0.25) is 0 Å². The van der Waals surface area contributed by atoms with Gasteiger partial charge in [0.15, 0.2) is 0 Å². The first-order valence-electron chi connectivity index (χ1n) is 5.36. The molecule has 0 saturated carbocycles. The molecule has 0 unspecified atom stereocenters. The van der Waals surface area contributed by atoms with Crippen molar-refractivity contribution in [3.8, 4) is 0 Å². The van der Waals surface area contributed by atoms with Crippen molar-refractivity contribution in [2.45, 2.75) is 6.92 Å². The van der Waals surface area contributed by atoms with Gasteiger partial charge >= 0.3 is 0 Å². The van der Waals surface area contributed by atoms with Crippen LogP contribution in [0.15, 0.2) is 36.4 Å². The predicted molar refractivity (Wildman–Crippen MR) is 77.1 cm³/mol. The number of carbonyl (C=O) groups excluding carboxylic acids is 1. The number of hydrogen-bond acceptors (Lipinski definition) is 2. The number of benzene rings is 1. The Bertz CT molecular complexity index is 404. The van der Waals surface area contributed by atoms with Gasteiger partial charge in [0.1, 0.15) is 0 Å². The van der Waals surface area contributed by atoms with Crippen molar-refractivity contribution in [3.63, 3.8) is 0 Å². The van der Waals surface area contributed by atoms with Crippen LogP contribution in [-0.2, 0) is 4.74 Å². The Morgan fingerprint density at radius 2 is 2.18 bits per heavy atom. The van der Waals surface area contributed by atoms with Gasteiger partial charge in [0.25, 0.3) is 5.91 Å². The van der Waals surface area contributed by atoms with E-state index >= 15 is 0 Å². The van der Waals surface area contributed by atoms with Gasteiger partial charge < -0.3 is 10.1 Å². The van der Waals surface area contributed by atoms with Gasteiger partial charge in [0, 0.05) is 10.1 Å². The maximum Gasteiger partial charge on any atom is 0.252 e. The maximum absolute atomic E-state index is 11.8.